The molecule has 0 fully saturated rings. The molecule has 1 aromatic heterocycles. The fourth-order valence-electron chi connectivity index (χ4n) is 3.49. The summed E-state index contributed by atoms with van der Waals surface area (Å²) in [6.45, 7) is 1.86. The van der Waals surface area contributed by atoms with Crippen molar-refractivity contribution >= 4 is 22.7 Å². The number of thioether (sulfide) groups is 1. The normalized spacial score (nSPS) is 19.3. The number of rotatable bonds is 2. The Bertz CT molecular complexity index is 1150. The van der Waals surface area contributed by atoms with E-state index in [4.69, 9.17) is 4.74 Å². The Balaban J connectivity index is 2.15. The molecule has 0 saturated heterocycles. The maximum Gasteiger partial charge on any atom is 0.331 e. The Morgan fingerprint density at radius 2 is 2.00 bits per heavy atom. The summed E-state index contributed by atoms with van der Waals surface area (Å²) in [4.78, 5) is 27.9. The number of benzene rings is 2. The Morgan fingerprint density at radius 1 is 1.30 bits per heavy atom. The van der Waals surface area contributed by atoms with Gasteiger partial charge in [0.2, 0.25) is 0 Å². The van der Waals surface area contributed by atoms with Gasteiger partial charge in [-0.2, -0.15) is 0 Å². The minimum Gasteiger partial charge on any atom is -0.376 e. The number of methoxy groups -OCH3 is 1. The molecule has 0 bridgehead atoms. The van der Waals surface area contributed by atoms with Crippen molar-refractivity contribution in [1.82, 2.24) is 9.55 Å². The maximum atomic E-state index is 13.4. The summed E-state index contributed by atoms with van der Waals surface area (Å²) in [6.07, 6.45) is -1.87. The van der Waals surface area contributed by atoms with E-state index in [-0.39, 0.29) is 5.82 Å². The molecule has 0 amide bonds. The van der Waals surface area contributed by atoms with Crippen LogP contribution in [0.4, 0.5) is 4.39 Å². The summed E-state index contributed by atoms with van der Waals surface area (Å²) in [7, 11) is 1.46. The van der Waals surface area contributed by atoms with Crippen LogP contribution in [0.25, 0.3) is 22.0 Å². The smallest absolute Gasteiger partial charge is 0.331 e. The van der Waals surface area contributed by atoms with Gasteiger partial charge in [-0.15, -0.1) is 11.8 Å². The minimum absolute atomic E-state index is 0.316. The predicted octanol–water partition coefficient (Wildman–Crippen LogP) is 2.42. The lowest BCUT2D eigenvalue weighted by molar-refractivity contribution is -0.0388. The van der Waals surface area contributed by atoms with Gasteiger partial charge in [-0.25, -0.2) is 9.18 Å². The third kappa shape index (κ3) is 2.80. The summed E-state index contributed by atoms with van der Waals surface area (Å²) in [5, 5.41) is 11.0. The zero-order valence-electron chi connectivity index (χ0n) is 14.7. The minimum atomic E-state index is -1.24. The number of H-pyrrole nitrogens is 1. The number of aromatic amines is 1. The van der Waals surface area contributed by atoms with E-state index >= 15 is 0 Å². The fraction of sp³-hybridized carbons (Fsp3) is 0.263. The van der Waals surface area contributed by atoms with Gasteiger partial charge in [0.25, 0.3) is 5.56 Å². The maximum absolute atomic E-state index is 13.4. The molecule has 2 atom stereocenters. The number of nitrogens with one attached hydrogen (secondary N) is 1. The van der Waals surface area contributed by atoms with Crippen molar-refractivity contribution in [3.8, 4) is 11.1 Å². The van der Waals surface area contributed by atoms with Crippen LogP contribution in [0, 0.1) is 12.7 Å². The molecule has 140 valence electrons. The van der Waals surface area contributed by atoms with Crippen molar-refractivity contribution in [2.75, 3.05) is 12.9 Å². The molecule has 3 aromatic rings. The number of nitrogens with zero attached hydrogens (tertiary/aromatic N) is 1. The molecule has 0 saturated carbocycles. The highest BCUT2D eigenvalue weighted by molar-refractivity contribution is 7.99. The van der Waals surface area contributed by atoms with E-state index in [2.05, 4.69) is 4.98 Å². The lowest BCUT2D eigenvalue weighted by Crippen LogP contribution is -2.38. The number of aryl methyl sites for hydroxylation is 1. The van der Waals surface area contributed by atoms with Gasteiger partial charge in [0.05, 0.1) is 10.9 Å². The molecule has 1 aliphatic heterocycles. The molecule has 0 spiro atoms. The van der Waals surface area contributed by atoms with E-state index in [1.54, 1.807) is 18.2 Å². The van der Waals surface area contributed by atoms with E-state index in [9.17, 15) is 19.1 Å². The van der Waals surface area contributed by atoms with Crippen LogP contribution in [0.2, 0.25) is 0 Å². The van der Waals surface area contributed by atoms with Crippen LogP contribution in [-0.2, 0) is 4.74 Å². The lowest BCUT2D eigenvalue weighted by Gasteiger charge is -2.21. The van der Waals surface area contributed by atoms with Gasteiger partial charge in [-0.05, 0) is 36.2 Å². The molecular weight excluding hydrogens is 371 g/mol. The van der Waals surface area contributed by atoms with Crippen molar-refractivity contribution in [2.24, 2.45) is 0 Å². The van der Waals surface area contributed by atoms with Crippen LogP contribution in [0.3, 0.4) is 0 Å². The van der Waals surface area contributed by atoms with Gasteiger partial charge in [-0.1, -0.05) is 12.1 Å². The molecule has 2 aromatic carbocycles. The standard InChI is InChI=1S/C19H17FN2O4S/c1-9-7-12-15-16(14(9)10-3-5-11(20)6-4-10)27-8-13(26-2)18(24)22(15)19(25)21-17(12)23/h3-7,13,18,24H,8H2,1-2H3,(H,21,23,25)/t13-,18?/m0/s1. The Kier molecular flexibility index (Phi) is 4.41. The van der Waals surface area contributed by atoms with Crippen LogP contribution < -0.4 is 11.2 Å². The number of aromatic nitrogens is 2. The van der Waals surface area contributed by atoms with Crippen LogP contribution in [0.1, 0.15) is 11.8 Å². The average molecular weight is 388 g/mol. The average Bonchev–Trinajstić information content (AvgIpc) is 2.78. The molecule has 8 heteroatoms. The summed E-state index contributed by atoms with van der Waals surface area (Å²) in [5.41, 5.74) is 1.55. The number of aliphatic hydroxyl groups excluding tert-OH is 1. The third-order valence-electron chi connectivity index (χ3n) is 4.80. The summed E-state index contributed by atoms with van der Waals surface area (Å²) >= 11 is 1.40. The second-order valence-corrected chi connectivity index (χ2v) is 7.46. The Hall–Kier alpha value is -2.42. The SMILES string of the molecule is CO[C@H]1CSc2c(-c3ccc(F)cc3)c(C)cc3c(=O)[nH]c(=O)n(c23)C1O. The number of aliphatic hydroxyl groups is 1. The number of hydrogen-bond donors (Lipinski definition) is 2. The molecule has 4 rings (SSSR count). The van der Waals surface area contributed by atoms with Gasteiger partial charge in [0.15, 0.2) is 6.23 Å². The first-order chi connectivity index (χ1) is 12.9. The molecule has 0 aliphatic carbocycles. The highest BCUT2D eigenvalue weighted by Crippen LogP contribution is 2.42. The summed E-state index contributed by atoms with van der Waals surface area (Å²) in [6, 6.07) is 7.73. The molecule has 1 unspecified atom stereocenters. The lowest BCUT2D eigenvalue weighted by atomic mass is 9.98. The second kappa shape index (κ2) is 6.63. The summed E-state index contributed by atoms with van der Waals surface area (Å²) < 4.78 is 19.9. The van der Waals surface area contributed by atoms with Crippen molar-refractivity contribution in [3.05, 3.63) is 62.6 Å². The van der Waals surface area contributed by atoms with E-state index in [1.165, 1.54) is 35.6 Å². The van der Waals surface area contributed by atoms with Crippen LogP contribution in [-0.4, -0.2) is 33.6 Å². The van der Waals surface area contributed by atoms with Crippen molar-refractivity contribution < 1.29 is 14.2 Å². The molecule has 2 N–H and O–H groups in total. The van der Waals surface area contributed by atoms with E-state index in [0.29, 0.717) is 21.6 Å². The third-order valence-corrected chi connectivity index (χ3v) is 5.98. The zero-order chi connectivity index (χ0) is 19.3. The molecule has 2 heterocycles. The Labute approximate surface area is 157 Å². The molecular formula is C19H17FN2O4S. The first-order valence-electron chi connectivity index (χ1n) is 8.34. The first kappa shape index (κ1) is 18.0. The van der Waals surface area contributed by atoms with Crippen LogP contribution in [0.5, 0.6) is 0 Å². The van der Waals surface area contributed by atoms with Gasteiger partial charge in [0, 0.05) is 23.3 Å². The van der Waals surface area contributed by atoms with Crippen molar-refractivity contribution in [2.45, 2.75) is 24.2 Å². The van der Waals surface area contributed by atoms with Gasteiger partial charge in [-0.3, -0.25) is 14.3 Å². The van der Waals surface area contributed by atoms with Gasteiger partial charge >= 0.3 is 5.69 Å². The van der Waals surface area contributed by atoms with Crippen LogP contribution >= 0.6 is 11.8 Å². The topological polar surface area (TPSA) is 84.3 Å². The molecule has 1 aliphatic rings. The largest absolute Gasteiger partial charge is 0.376 e. The first-order valence-corrected chi connectivity index (χ1v) is 9.32. The fourth-order valence-corrected chi connectivity index (χ4v) is 4.90. The predicted molar refractivity (Wildman–Crippen MR) is 102 cm³/mol. The highest BCUT2D eigenvalue weighted by Gasteiger charge is 2.31. The quantitative estimate of drug-likeness (QED) is 0.704. The van der Waals surface area contributed by atoms with Crippen molar-refractivity contribution in [1.29, 1.82) is 0 Å². The summed E-state index contributed by atoms with van der Waals surface area (Å²) in [5.74, 6) is 0.0404. The number of ether oxygens (including phenoxy) is 1. The van der Waals surface area contributed by atoms with Crippen LogP contribution in [0.15, 0.2) is 44.8 Å². The molecule has 27 heavy (non-hydrogen) atoms. The van der Waals surface area contributed by atoms with E-state index in [0.717, 1.165) is 16.7 Å². The Morgan fingerprint density at radius 3 is 2.67 bits per heavy atom. The number of halogens is 1. The zero-order valence-corrected chi connectivity index (χ0v) is 15.5. The second-order valence-electron chi connectivity index (χ2n) is 6.43. The number of hydrogen-bond acceptors (Lipinski definition) is 5. The van der Waals surface area contributed by atoms with Crippen molar-refractivity contribution in [3.63, 3.8) is 0 Å². The van der Waals surface area contributed by atoms with Gasteiger partial charge < -0.3 is 9.84 Å². The molecule has 6 nitrogen and oxygen atoms in total. The van der Waals surface area contributed by atoms with E-state index in [1.807, 2.05) is 6.92 Å². The molecule has 0 radical (unpaired) electrons. The monoisotopic (exact) mass is 388 g/mol. The highest BCUT2D eigenvalue weighted by atomic mass is 32.2. The van der Waals surface area contributed by atoms with Gasteiger partial charge in [0.1, 0.15) is 11.9 Å². The van der Waals surface area contributed by atoms with E-state index < -0.39 is 23.6 Å².